The Morgan fingerprint density at radius 2 is 2.08 bits per heavy atom. The van der Waals surface area contributed by atoms with Crippen LogP contribution < -0.4 is 0 Å². The molecule has 0 aliphatic carbocycles. The highest BCUT2D eigenvalue weighted by Crippen LogP contribution is 2.26. The second-order valence-corrected chi connectivity index (χ2v) is 7.43. The van der Waals surface area contributed by atoms with Gasteiger partial charge in [0.2, 0.25) is 5.91 Å². The van der Waals surface area contributed by atoms with Gasteiger partial charge in [-0.1, -0.05) is 0 Å². The summed E-state index contributed by atoms with van der Waals surface area (Å²) in [7, 11) is 0. The van der Waals surface area contributed by atoms with Gasteiger partial charge in [0.05, 0.1) is 25.1 Å². The van der Waals surface area contributed by atoms with Crippen molar-refractivity contribution in [2.24, 2.45) is 0 Å². The van der Waals surface area contributed by atoms with Gasteiger partial charge >= 0.3 is 5.97 Å². The Balaban J connectivity index is 1.81. The molecule has 0 spiro atoms. The Bertz CT molecular complexity index is 783. The van der Waals surface area contributed by atoms with Gasteiger partial charge in [0.15, 0.2) is 0 Å². The van der Waals surface area contributed by atoms with Crippen molar-refractivity contribution in [2.75, 3.05) is 18.1 Å². The summed E-state index contributed by atoms with van der Waals surface area (Å²) in [4.78, 5) is 25.5. The molecule has 0 radical (unpaired) electrons. The summed E-state index contributed by atoms with van der Waals surface area (Å²) < 4.78 is 5.60. The van der Waals surface area contributed by atoms with Crippen LogP contribution in [0.3, 0.4) is 0 Å². The first kappa shape index (κ1) is 16.9. The molecular formula is C18H21NO4S. The van der Waals surface area contributed by atoms with Crippen LogP contribution in [-0.4, -0.2) is 46.0 Å². The minimum absolute atomic E-state index is 0.00315. The number of thioether (sulfide) groups is 1. The normalized spacial score (nSPS) is 18.1. The Morgan fingerprint density at radius 1 is 1.33 bits per heavy atom. The van der Waals surface area contributed by atoms with E-state index < -0.39 is 5.97 Å². The Morgan fingerprint density at radius 3 is 2.83 bits per heavy atom. The average Bonchev–Trinajstić information content (AvgIpc) is 2.90. The predicted molar refractivity (Wildman–Crippen MR) is 94.5 cm³/mol. The number of hydrogen-bond acceptors (Lipinski definition) is 4. The number of carboxylic acid groups (broad SMARTS) is 1. The lowest BCUT2D eigenvalue weighted by Crippen LogP contribution is -2.47. The third kappa shape index (κ3) is 3.43. The maximum absolute atomic E-state index is 12.7. The lowest BCUT2D eigenvalue weighted by molar-refractivity contribution is -0.140. The van der Waals surface area contributed by atoms with Gasteiger partial charge in [-0.05, 0) is 37.1 Å². The molecule has 128 valence electrons. The van der Waals surface area contributed by atoms with Gasteiger partial charge in [-0.2, -0.15) is 11.8 Å². The van der Waals surface area contributed by atoms with E-state index in [1.54, 1.807) is 22.9 Å². The van der Waals surface area contributed by atoms with E-state index in [-0.39, 0.29) is 24.8 Å². The Kier molecular flexibility index (Phi) is 4.85. The third-order valence-corrected chi connectivity index (χ3v) is 5.66. The van der Waals surface area contributed by atoms with Crippen molar-refractivity contribution in [1.29, 1.82) is 0 Å². The van der Waals surface area contributed by atoms with E-state index in [2.05, 4.69) is 6.07 Å². The number of carboxylic acids is 1. The zero-order valence-electron chi connectivity index (χ0n) is 13.9. The molecule has 1 aromatic carbocycles. The molecule has 1 aliphatic heterocycles. The molecule has 1 aromatic heterocycles. The van der Waals surface area contributed by atoms with E-state index in [4.69, 9.17) is 9.52 Å². The summed E-state index contributed by atoms with van der Waals surface area (Å²) in [5, 5.41) is 10.0. The Labute approximate surface area is 145 Å². The van der Waals surface area contributed by atoms with Crippen LogP contribution in [0, 0.1) is 13.8 Å². The number of amides is 1. The second kappa shape index (κ2) is 6.89. The van der Waals surface area contributed by atoms with Gasteiger partial charge in [-0.25, -0.2) is 0 Å². The van der Waals surface area contributed by atoms with Crippen LogP contribution in [0.25, 0.3) is 11.0 Å². The zero-order valence-corrected chi connectivity index (χ0v) is 14.7. The maximum atomic E-state index is 12.7. The van der Waals surface area contributed by atoms with Crippen LogP contribution in [-0.2, 0) is 16.0 Å². The second-order valence-electron chi connectivity index (χ2n) is 6.28. The molecule has 5 nitrogen and oxygen atoms in total. The Hall–Kier alpha value is -1.95. The number of nitrogens with zero attached hydrogens (tertiary/aromatic N) is 1. The molecular weight excluding hydrogens is 326 g/mol. The third-order valence-electron chi connectivity index (χ3n) is 4.57. The summed E-state index contributed by atoms with van der Waals surface area (Å²) in [5.41, 5.74) is 3.97. The molecule has 1 atom stereocenters. The predicted octanol–water partition coefficient (Wildman–Crippen LogP) is 3.01. The fraction of sp³-hybridized carbons (Fsp3) is 0.444. The molecule has 0 saturated carbocycles. The molecule has 1 N–H and O–H groups in total. The van der Waals surface area contributed by atoms with E-state index in [0.717, 1.165) is 33.4 Å². The minimum Gasteiger partial charge on any atom is -0.481 e. The molecule has 24 heavy (non-hydrogen) atoms. The van der Waals surface area contributed by atoms with Gasteiger partial charge in [0, 0.05) is 29.0 Å². The molecule has 2 heterocycles. The summed E-state index contributed by atoms with van der Waals surface area (Å²) in [6.07, 6.45) is 1.89. The van der Waals surface area contributed by atoms with Crippen molar-refractivity contribution in [3.05, 3.63) is 35.1 Å². The highest BCUT2D eigenvalue weighted by Gasteiger charge is 2.29. The maximum Gasteiger partial charge on any atom is 0.305 e. The zero-order chi connectivity index (χ0) is 17.3. The number of carbonyl (C=O) groups is 2. The highest BCUT2D eigenvalue weighted by atomic mass is 32.2. The van der Waals surface area contributed by atoms with Crippen LogP contribution in [0.15, 0.2) is 22.8 Å². The first-order valence-corrected chi connectivity index (χ1v) is 9.17. The number of hydrogen-bond donors (Lipinski definition) is 1. The molecule has 1 fully saturated rings. The number of aryl methyl sites for hydroxylation is 2. The number of carbonyl (C=O) groups excluding carboxylic acids is 1. The van der Waals surface area contributed by atoms with Crippen molar-refractivity contribution in [2.45, 2.75) is 32.7 Å². The fourth-order valence-corrected chi connectivity index (χ4v) is 4.15. The number of aliphatic carboxylic acids is 1. The van der Waals surface area contributed by atoms with Crippen LogP contribution in [0.4, 0.5) is 0 Å². The number of fused-ring (bicyclic) bond motifs is 1. The number of rotatable bonds is 4. The van der Waals surface area contributed by atoms with Crippen molar-refractivity contribution < 1.29 is 19.1 Å². The molecule has 1 aliphatic rings. The number of benzene rings is 1. The quantitative estimate of drug-likeness (QED) is 0.920. The van der Waals surface area contributed by atoms with Gasteiger partial charge in [-0.3, -0.25) is 9.59 Å². The monoisotopic (exact) mass is 347 g/mol. The first-order valence-electron chi connectivity index (χ1n) is 8.02. The van der Waals surface area contributed by atoms with E-state index in [9.17, 15) is 9.59 Å². The molecule has 1 unspecified atom stereocenters. The fourth-order valence-electron chi connectivity index (χ4n) is 3.09. The lowest BCUT2D eigenvalue weighted by Gasteiger charge is -2.34. The van der Waals surface area contributed by atoms with Crippen LogP contribution in [0.5, 0.6) is 0 Å². The van der Waals surface area contributed by atoms with Gasteiger partial charge in [-0.15, -0.1) is 0 Å². The van der Waals surface area contributed by atoms with Crippen molar-refractivity contribution in [3.8, 4) is 0 Å². The summed E-state index contributed by atoms with van der Waals surface area (Å²) in [5.74, 6) is 0.650. The van der Waals surface area contributed by atoms with E-state index >= 15 is 0 Å². The first-order chi connectivity index (χ1) is 11.5. The summed E-state index contributed by atoms with van der Waals surface area (Å²) in [6, 6.07) is 3.82. The summed E-state index contributed by atoms with van der Waals surface area (Å²) in [6.45, 7) is 4.68. The minimum atomic E-state index is -0.861. The lowest BCUT2D eigenvalue weighted by atomic mass is 10.0. The van der Waals surface area contributed by atoms with Crippen LogP contribution >= 0.6 is 11.8 Å². The largest absolute Gasteiger partial charge is 0.481 e. The molecule has 2 aromatic rings. The van der Waals surface area contributed by atoms with Gasteiger partial charge in [0.1, 0.15) is 5.58 Å². The van der Waals surface area contributed by atoms with E-state index in [1.165, 1.54) is 0 Å². The SMILES string of the molecule is Cc1cc2occ(CC(=O)N3CCSCC3CC(=O)O)c2cc1C. The van der Waals surface area contributed by atoms with Crippen molar-refractivity contribution >= 4 is 34.6 Å². The molecule has 1 amide bonds. The number of furan rings is 1. The van der Waals surface area contributed by atoms with Gasteiger partial charge in [0.25, 0.3) is 0 Å². The van der Waals surface area contributed by atoms with Crippen molar-refractivity contribution in [3.63, 3.8) is 0 Å². The molecule has 0 bridgehead atoms. The van der Waals surface area contributed by atoms with Crippen LogP contribution in [0.1, 0.15) is 23.1 Å². The molecule has 1 saturated heterocycles. The smallest absolute Gasteiger partial charge is 0.305 e. The van der Waals surface area contributed by atoms with Crippen LogP contribution in [0.2, 0.25) is 0 Å². The molecule has 6 heteroatoms. The standard InChI is InChI=1S/C18H21NO4S/c1-11-5-15-13(9-23-16(15)6-12(11)2)7-17(20)19-3-4-24-10-14(19)8-18(21)22/h5-6,9,14H,3-4,7-8,10H2,1-2H3,(H,21,22). The highest BCUT2D eigenvalue weighted by molar-refractivity contribution is 7.99. The molecule has 3 rings (SSSR count). The van der Waals surface area contributed by atoms with Crippen molar-refractivity contribution in [1.82, 2.24) is 4.90 Å². The van der Waals surface area contributed by atoms with E-state index in [1.807, 2.05) is 19.9 Å². The van der Waals surface area contributed by atoms with E-state index in [0.29, 0.717) is 12.3 Å². The summed E-state index contributed by atoms with van der Waals surface area (Å²) >= 11 is 1.70. The van der Waals surface area contributed by atoms with Gasteiger partial charge < -0.3 is 14.4 Å². The topological polar surface area (TPSA) is 70.8 Å². The average molecular weight is 347 g/mol.